The number of ketones is 2. The van der Waals surface area contributed by atoms with Crippen LogP contribution >= 0.6 is 24.8 Å². The van der Waals surface area contributed by atoms with Gasteiger partial charge in [-0.3, -0.25) is 14.6 Å². The average Bonchev–Trinajstić information content (AvgIpc) is 3.26. The molecule has 8 heteroatoms. The van der Waals surface area contributed by atoms with Crippen LogP contribution in [-0.2, 0) is 4.79 Å². The molecule has 0 amide bonds. The molecule has 182 valence electrons. The minimum Gasteiger partial charge on any atom is -0.335 e. The van der Waals surface area contributed by atoms with Gasteiger partial charge < -0.3 is 9.88 Å². The van der Waals surface area contributed by atoms with Crippen molar-refractivity contribution in [3.63, 3.8) is 0 Å². The molecule has 1 aliphatic carbocycles. The summed E-state index contributed by atoms with van der Waals surface area (Å²) in [5.41, 5.74) is 2.45. The van der Waals surface area contributed by atoms with E-state index >= 15 is 0 Å². The van der Waals surface area contributed by atoms with Gasteiger partial charge in [-0.2, -0.15) is 0 Å². The lowest BCUT2D eigenvalue weighted by molar-refractivity contribution is -0.119. The van der Waals surface area contributed by atoms with E-state index in [1.54, 1.807) is 6.21 Å². The highest BCUT2D eigenvalue weighted by Gasteiger charge is 2.45. The Morgan fingerprint density at radius 3 is 2.47 bits per heavy atom. The predicted molar refractivity (Wildman–Crippen MR) is 140 cm³/mol. The Morgan fingerprint density at radius 2 is 1.76 bits per heavy atom. The van der Waals surface area contributed by atoms with Crippen LogP contribution in [0.3, 0.4) is 0 Å². The Balaban J connectivity index is 0.00000162. The van der Waals surface area contributed by atoms with Gasteiger partial charge in [-0.05, 0) is 59.2 Å². The number of halogens is 2. The van der Waals surface area contributed by atoms with Gasteiger partial charge in [-0.25, -0.2) is 4.98 Å². The normalized spacial score (nSPS) is 21.4. The Kier molecular flexibility index (Phi) is 8.17. The van der Waals surface area contributed by atoms with Crippen molar-refractivity contribution < 1.29 is 9.59 Å². The van der Waals surface area contributed by atoms with Crippen LogP contribution in [-0.4, -0.2) is 57.8 Å². The van der Waals surface area contributed by atoms with E-state index in [2.05, 4.69) is 14.9 Å². The topological polar surface area (TPSA) is 78.4 Å². The van der Waals surface area contributed by atoms with Crippen LogP contribution in [0.25, 0.3) is 17.0 Å². The molecule has 1 saturated heterocycles. The number of carbonyl (C=O) groups excluding carboxylic acids is 2. The van der Waals surface area contributed by atoms with Crippen LogP contribution < -0.4 is 0 Å². The van der Waals surface area contributed by atoms with Crippen LogP contribution in [0.15, 0.2) is 40.9 Å². The summed E-state index contributed by atoms with van der Waals surface area (Å²) >= 11 is 0. The van der Waals surface area contributed by atoms with E-state index in [9.17, 15) is 9.59 Å². The molecule has 1 aromatic carbocycles. The standard InChI is InChI=1S/C26H30N4O2.2ClH/c1-26(2)24(32)20-18(12-9-15-30-13-7-4-8-14-30)23(31)22-21(19(20)16-27-26)28-25(29-22)17-10-5-3-6-11-17;;/h3,5-6,10-11,16,18H,4,7-9,12-15H2,1-2H3,(H,28,29);2*1H. The van der Waals surface area contributed by atoms with Crippen molar-refractivity contribution in [1.82, 2.24) is 14.9 Å². The van der Waals surface area contributed by atoms with Crippen LogP contribution in [0.4, 0.5) is 0 Å². The van der Waals surface area contributed by atoms with Gasteiger partial charge in [0.25, 0.3) is 0 Å². The van der Waals surface area contributed by atoms with E-state index in [1.807, 2.05) is 44.2 Å². The quantitative estimate of drug-likeness (QED) is 0.610. The fourth-order valence-electron chi connectivity index (χ4n) is 5.10. The van der Waals surface area contributed by atoms with Gasteiger partial charge >= 0.3 is 0 Å². The van der Waals surface area contributed by atoms with Gasteiger partial charge in [0.2, 0.25) is 0 Å². The van der Waals surface area contributed by atoms with Crippen molar-refractivity contribution in [2.45, 2.75) is 51.5 Å². The van der Waals surface area contributed by atoms with Crippen molar-refractivity contribution in [1.29, 1.82) is 0 Å². The van der Waals surface area contributed by atoms with Crippen molar-refractivity contribution in [2.24, 2.45) is 10.9 Å². The van der Waals surface area contributed by atoms with Gasteiger partial charge in [0.05, 0.1) is 5.92 Å². The monoisotopic (exact) mass is 502 g/mol. The largest absolute Gasteiger partial charge is 0.335 e. The van der Waals surface area contributed by atoms with E-state index in [1.165, 1.54) is 19.3 Å². The molecular weight excluding hydrogens is 471 g/mol. The number of likely N-dealkylation sites (tertiary alicyclic amines) is 1. The summed E-state index contributed by atoms with van der Waals surface area (Å²) < 4.78 is 0. The fraction of sp³-hybridized carbons (Fsp3) is 0.462. The average molecular weight is 503 g/mol. The molecule has 0 bridgehead atoms. The Morgan fingerprint density at radius 1 is 1.06 bits per heavy atom. The molecule has 1 atom stereocenters. The summed E-state index contributed by atoms with van der Waals surface area (Å²) in [6.45, 7) is 6.89. The Hall–Kier alpha value is -2.28. The highest BCUT2D eigenvalue weighted by atomic mass is 35.5. The number of nitrogens with zero attached hydrogens (tertiary/aromatic N) is 3. The van der Waals surface area contributed by atoms with E-state index in [4.69, 9.17) is 4.98 Å². The highest BCUT2D eigenvalue weighted by molar-refractivity contribution is 6.30. The first-order valence-corrected chi connectivity index (χ1v) is 11.7. The molecule has 0 radical (unpaired) electrons. The molecule has 34 heavy (non-hydrogen) atoms. The van der Waals surface area contributed by atoms with Gasteiger partial charge in [0, 0.05) is 22.9 Å². The maximum Gasteiger partial charge on any atom is 0.188 e. The number of fused-ring (bicyclic) bond motifs is 2. The third kappa shape index (κ3) is 4.77. The summed E-state index contributed by atoms with van der Waals surface area (Å²) in [5, 5.41) is 0. The molecule has 2 aromatic rings. The first-order valence-electron chi connectivity index (χ1n) is 11.7. The number of H-pyrrole nitrogens is 1. The SMILES string of the molecule is CC1(C)N=CC2=C(C1=O)C(CCCN1CCCCC1)C(=O)c1[nH]c(-c3ccccc3)nc12.Cl.Cl. The molecule has 0 spiro atoms. The van der Waals surface area contributed by atoms with Gasteiger partial charge in [0.15, 0.2) is 11.6 Å². The second-order valence-electron chi connectivity index (χ2n) is 9.61. The van der Waals surface area contributed by atoms with E-state index < -0.39 is 11.5 Å². The van der Waals surface area contributed by atoms with Crippen molar-refractivity contribution >= 4 is 48.2 Å². The van der Waals surface area contributed by atoms with E-state index in [0.717, 1.165) is 31.6 Å². The number of aromatic amines is 1. The zero-order chi connectivity index (χ0) is 22.3. The molecule has 1 aromatic heterocycles. The molecule has 2 aliphatic heterocycles. The second-order valence-corrected chi connectivity index (χ2v) is 9.61. The van der Waals surface area contributed by atoms with Crippen LogP contribution in [0.2, 0.25) is 0 Å². The molecule has 1 unspecified atom stereocenters. The van der Waals surface area contributed by atoms with Crippen molar-refractivity contribution in [3.05, 3.63) is 47.3 Å². The van der Waals surface area contributed by atoms with Crippen molar-refractivity contribution in [3.8, 4) is 11.4 Å². The minimum atomic E-state index is -0.847. The number of dihydropyridines is 1. The van der Waals surface area contributed by atoms with E-state index in [-0.39, 0.29) is 36.4 Å². The van der Waals surface area contributed by atoms with Gasteiger partial charge in [-0.1, -0.05) is 36.8 Å². The number of nitrogens with one attached hydrogen (secondary N) is 1. The molecule has 5 rings (SSSR count). The predicted octanol–water partition coefficient (Wildman–Crippen LogP) is 5.18. The summed E-state index contributed by atoms with van der Waals surface area (Å²) in [6.07, 6.45) is 7.13. The number of aliphatic imine (C=N–C) groups is 1. The zero-order valence-corrected chi connectivity index (χ0v) is 21.3. The number of carbonyl (C=O) groups is 2. The Bertz CT molecular complexity index is 1120. The van der Waals surface area contributed by atoms with Gasteiger partial charge in [0.1, 0.15) is 22.8 Å². The number of allylic oxidation sites excluding steroid dienone is 1. The lowest BCUT2D eigenvalue weighted by atomic mass is 9.73. The lowest BCUT2D eigenvalue weighted by Gasteiger charge is -2.33. The second kappa shape index (κ2) is 10.5. The fourth-order valence-corrected chi connectivity index (χ4v) is 5.10. The smallest absolute Gasteiger partial charge is 0.188 e. The summed E-state index contributed by atoms with van der Waals surface area (Å²) in [4.78, 5) is 42.1. The molecule has 6 nitrogen and oxygen atoms in total. The van der Waals surface area contributed by atoms with Crippen LogP contribution in [0.5, 0.6) is 0 Å². The Labute approximate surface area is 213 Å². The molecule has 3 heterocycles. The zero-order valence-electron chi connectivity index (χ0n) is 19.7. The minimum absolute atomic E-state index is 0. The number of aromatic nitrogens is 2. The number of hydrogen-bond donors (Lipinski definition) is 1. The number of piperidine rings is 1. The number of hydrogen-bond acceptors (Lipinski definition) is 5. The summed E-state index contributed by atoms with van der Waals surface area (Å²) in [5.74, 6) is 0.132. The highest BCUT2D eigenvalue weighted by Crippen LogP contribution is 2.41. The maximum absolute atomic E-state index is 13.6. The number of imidazole rings is 1. The molecule has 1 N–H and O–H groups in total. The molecule has 1 fully saturated rings. The summed E-state index contributed by atoms with van der Waals surface area (Å²) in [6, 6.07) is 9.76. The number of rotatable bonds is 5. The first-order chi connectivity index (χ1) is 15.5. The third-order valence-electron chi connectivity index (χ3n) is 6.94. The van der Waals surface area contributed by atoms with Crippen LogP contribution in [0.1, 0.15) is 62.1 Å². The molecular formula is C26H32Cl2N4O2. The number of benzene rings is 1. The molecule has 0 saturated carbocycles. The third-order valence-corrected chi connectivity index (χ3v) is 6.94. The number of Topliss-reactive ketones (excluding diaryl/α,β-unsaturated/α-hetero) is 2. The van der Waals surface area contributed by atoms with Gasteiger partial charge in [-0.15, -0.1) is 24.8 Å². The molecule has 3 aliphatic rings. The van der Waals surface area contributed by atoms with Crippen LogP contribution in [0, 0.1) is 5.92 Å². The summed E-state index contributed by atoms with van der Waals surface area (Å²) in [7, 11) is 0. The first kappa shape index (κ1) is 26.3. The maximum atomic E-state index is 13.6. The van der Waals surface area contributed by atoms with E-state index in [0.29, 0.717) is 34.8 Å². The van der Waals surface area contributed by atoms with Crippen molar-refractivity contribution in [2.75, 3.05) is 19.6 Å². The lowest BCUT2D eigenvalue weighted by Crippen LogP contribution is -2.41.